The van der Waals surface area contributed by atoms with Crippen LogP contribution in [0.3, 0.4) is 0 Å². The molecule has 0 bridgehead atoms. The lowest BCUT2D eigenvalue weighted by Gasteiger charge is -2.22. The van der Waals surface area contributed by atoms with Crippen molar-refractivity contribution in [2.24, 2.45) is 13.0 Å². The highest BCUT2D eigenvalue weighted by atomic mass is 16.5. The predicted molar refractivity (Wildman–Crippen MR) is 178 cm³/mol. The van der Waals surface area contributed by atoms with E-state index in [9.17, 15) is 9.59 Å². The summed E-state index contributed by atoms with van der Waals surface area (Å²) in [6.45, 7) is 2.66. The maximum atomic E-state index is 13.9. The third kappa shape index (κ3) is 6.67. The van der Waals surface area contributed by atoms with Gasteiger partial charge in [-0.25, -0.2) is 9.97 Å². The number of carbonyl (C=O) groups excluding carboxylic acids is 1. The van der Waals surface area contributed by atoms with E-state index in [1.165, 1.54) is 18.1 Å². The van der Waals surface area contributed by atoms with Crippen molar-refractivity contribution in [1.82, 2.24) is 19.1 Å². The molecule has 7 rings (SSSR count). The van der Waals surface area contributed by atoms with E-state index in [4.69, 9.17) is 14.5 Å². The normalized spacial score (nSPS) is 17.7. The average molecular weight is 619 g/mol. The Morgan fingerprint density at radius 2 is 1.83 bits per heavy atom. The molecule has 0 spiro atoms. The van der Waals surface area contributed by atoms with Crippen molar-refractivity contribution in [2.75, 3.05) is 10.6 Å². The fraction of sp³-hybridized carbons (Fsp3) is 0.333. The number of hydrogen-bond donors (Lipinski definition) is 2. The number of aromatic nitrogens is 4. The second kappa shape index (κ2) is 12.8. The number of benzene rings is 2. The molecule has 0 saturated heterocycles. The van der Waals surface area contributed by atoms with Crippen LogP contribution in [0.2, 0.25) is 0 Å². The number of ether oxygens (including phenoxy) is 2. The van der Waals surface area contributed by atoms with Gasteiger partial charge in [0.2, 0.25) is 11.9 Å². The van der Waals surface area contributed by atoms with Crippen molar-refractivity contribution in [3.63, 3.8) is 0 Å². The fourth-order valence-corrected chi connectivity index (χ4v) is 6.31. The zero-order valence-electron chi connectivity index (χ0n) is 26.1. The Kier molecular flexibility index (Phi) is 8.28. The number of anilines is 3. The molecule has 2 saturated carbocycles. The van der Waals surface area contributed by atoms with E-state index in [1.54, 1.807) is 18.3 Å². The summed E-state index contributed by atoms with van der Waals surface area (Å²) in [5.74, 6) is 2.72. The first kappa shape index (κ1) is 29.7. The lowest BCUT2D eigenvalue weighted by atomic mass is 10.1. The Bertz CT molecular complexity index is 1930. The summed E-state index contributed by atoms with van der Waals surface area (Å²) in [6.07, 6.45) is 9.23. The SMILES string of the molecule is CC(=O)Nc1cc(Oc2ccc3nc(Nc4cc(C5CC5)cn(CC5CCC[C@H]5OCc5ccccc5)c4=O)n(C)c3c2)ccn1. The number of rotatable bonds is 11. The monoisotopic (exact) mass is 618 g/mol. The van der Waals surface area contributed by atoms with Crippen molar-refractivity contribution >= 4 is 34.4 Å². The van der Waals surface area contributed by atoms with Crippen LogP contribution < -0.4 is 20.9 Å². The highest BCUT2D eigenvalue weighted by Gasteiger charge is 2.30. The van der Waals surface area contributed by atoms with Crippen molar-refractivity contribution in [2.45, 2.75) is 64.2 Å². The lowest BCUT2D eigenvalue weighted by Crippen LogP contribution is -2.30. The van der Waals surface area contributed by atoms with Gasteiger partial charge in [-0.2, -0.15) is 0 Å². The van der Waals surface area contributed by atoms with Gasteiger partial charge >= 0.3 is 0 Å². The van der Waals surface area contributed by atoms with Crippen LogP contribution in [-0.4, -0.2) is 31.1 Å². The van der Waals surface area contributed by atoms with E-state index in [2.05, 4.69) is 33.9 Å². The number of nitrogens with one attached hydrogen (secondary N) is 2. The predicted octanol–water partition coefficient (Wildman–Crippen LogP) is 6.89. The number of fused-ring (bicyclic) bond motifs is 1. The molecule has 3 heterocycles. The highest BCUT2D eigenvalue weighted by Crippen LogP contribution is 2.41. The maximum Gasteiger partial charge on any atom is 0.274 e. The van der Waals surface area contributed by atoms with E-state index in [0.717, 1.165) is 43.1 Å². The molecule has 236 valence electrons. The van der Waals surface area contributed by atoms with Gasteiger partial charge < -0.3 is 29.2 Å². The summed E-state index contributed by atoms with van der Waals surface area (Å²) in [5, 5.41) is 6.04. The summed E-state index contributed by atoms with van der Waals surface area (Å²) in [4.78, 5) is 34.3. The Balaban J connectivity index is 1.11. The number of pyridine rings is 2. The molecule has 2 aromatic carbocycles. The summed E-state index contributed by atoms with van der Waals surface area (Å²) >= 11 is 0. The Labute approximate surface area is 267 Å². The van der Waals surface area contributed by atoms with Gasteiger partial charge in [-0.15, -0.1) is 0 Å². The zero-order valence-corrected chi connectivity index (χ0v) is 26.1. The number of aryl methyl sites for hydroxylation is 1. The Hall–Kier alpha value is -4.96. The molecule has 2 aliphatic carbocycles. The van der Waals surface area contributed by atoms with Gasteiger partial charge in [0.15, 0.2) is 0 Å². The van der Waals surface area contributed by atoms with Crippen LogP contribution in [0.4, 0.5) is 17.5 Å². The molecule has 0 radical (unpaired) electrons. The van der Waals surface area contributed by atoms with Gasteiger partial charge in [0, 0.05) is 51.0 Å². The van der Waals surface area contributed by atoms with E-state index < -0.39 is 0 Å². The second-order valence-corrected chi connectivity index (χ2v) is 12.4. The lowest BCUT2D eigenvalue weighted by molar-refractivity contribution is -0.114. The molecule has 2 atom stereocenters. The van der Waals surface area contributed by atoms with Gasteiger partial charge in [-0.1, -0.05) is 36.8 Å². The molecule has 1 amide bonds. The van der Waals surface area contributed by atoms with Crippen molar-refractivity contribution in [3.8, 4) is 11.5 Å². The number of imidazole rings is 1. The number of carbonyl (C=O) groups is 1. The van der Waals surface area contributed by atoms with E-state index in [-0.39, 0.29) is 23.5 Å². The largest absolute Gasteiger partial charge is 0.457 e. The molecule has 10 heteroatoms. The van der Waals surface area contributed by atoms with Crippen LogP contribution in [0.1, 0.15) is 56.1 Å². The van der Waals surface area contributed by atoms with Gasteiger partial charge in [0.05, 0.1) is 23.7 Å². The van der Waals surface area contributed by atoms with Crippen LogP contribution in [-0.2, 0) is 29.7 Å². The highest BCUT2D eigenvalue weighted by molar-refractivity contribution is 5.87. The van der Waals surface area contributed by atoms with Crippen molar-refractivity contribution in [1.29, 1.82) is 0 Å². The van der Waals surface area contributed by atoms with Gasteiger partial charge in [0.1, 0.15) is 23.0 Å². The minimum atomic E-state index is -0.203. The minimum Gasteiger partial charge on any atom is -0.457 e. The summed E-state index contributed by atoms with van der Waals surface area (Å²) in [6, 6.07) is 21.3. The number of amides is 1. The Morgan fingerprint density at radius 1 is 1.00 bits per heavy atom. The first-order valence-electron chi connectivity index (χ1n) is 15.9. The molecule has 10 nitrogen and oxygen atoms in total. The van der Waals surface area contributed by atoms with Crippen LogP contribution in [0.5, 0.6) is 11.5 Å². The van der Waals surface area contributed by atoms with E-state index in [0.29, 0.717) is 48.0 Å². The second-order valence-electron chi connectivity index (χ2n) is 12.4. The molecular formula is C36H38N6O4. The van der Waals surface area contributed by atoms with Crippen molar-refractivity contribution < 1.29 is 14.3 Å². The van der Waals surface area contributed by atoms with Crippen molar-refractivity contribution in [3.05, 3.63) is 101 Å². The molecular weight excluding hydrogens is 580 g/mol. The summed E-state index contributed by atoms with van der Waals surface area (Å²) in [5.41, 5.74) is 4.45. The Morgan fingerprint density at radius 3 is 2.63 bits per heavy atom. The number of nitrogens with zero attached hydrogens (tertiary/aromatic N) is 4. The smallest absolute Gasteiger partial charge is 0.274 e. The standard InChI is InChI=1S/C36H38N6O4/c1-23(43)38-34-19-29(15-16-37-34)46-28-13-14-30-32(18-28)41(2)36(39-30)40-31-17-27(25-11-12-25)21-42(35(31)44)20-26-9-6-10-33(26)45-22-24-7-4-3-5-8-24/h3-5,7-8,13-19,21,25-26,33H,6,9-12,20,22H2,1-2H3,(H,39,40)(H,37,38,43)/t26?,33-/m1/s1. The quantitative estimate of drug-likeness (QED) is 0.166. The maximum absolute atomic E-state index is 13.9. The molecule has 46 heavy (non-hydrogen) atoms. The molecule has 5 aromatic rings. The zero-order chi connectivity index (χ0) is 31.6. The third-order valence-corrected chi connectivity index (χ3v) is 8.85. The summed E-state index contributed by atoms with van der Waals surface area (Å²) in [7, 11) is 1.92. The van der Waals surface area contributed by atoms with E-state index in [1.807, 2.05) is 58.6 Å². The minimum absolute atomic E-state index is 0.0538. The molecule has 3 aromatic heterocycles. The van der Waals surface area contributed by atoms with Gasteiger partial charge in [-0.3, -0.25) is 9.59 Å². The summed E-state index contributed by atoms with van der Waals surface area (Å²) < 4.78 is 16.3. The van der Waals surface area contributed by atoms with Gasteiger partial charge in [0.25, 0.3) is 5.56 Å². The average Bonchev–Trinajstić information content (AvgIpc) is 3.74. The molecule has 1 unspecified atom stereocenters. The van der Waals surface area contributed by atoms with Crippen LogP contribution >= 0.6 is 0 Å². The van der Waals surface area contributed by atoms with Crippen LogP contribution in [0.25, 0.3) is 11.0 Å². The molecule has 2 aliphatic rings. The third-order valence-electron chi connectivity index (χ3n) is 8.85. The number of hydrogen-bond acceptors (Lipinski definition) is 7. The van der Waals surface area contributed by atoms with Crippen LogP contribution in [0.15, 0.2) is 83.9 Å². The van der Waals surface area contributed by atoms with E-state index >= 15 is 0 Å². The molecule has 2 fully saturated rings. The fourth-order valence-electron chi connectivity index (χ4n) is 6.31. The molecule has 2 N–H and O–H groups in total. The van der Waals surface area contributed by atoms with Crippen LogP contribution in [0, 0.1) is 5.92 Å². The first-order chi connectivity index (χ1) is 22.4. The van der Waals surface area contributed by atoms with Gasteiger partial charge in [-0.05, 0) is 67.0 Å². The first-order valence-corrected chi connectivity index (χ1v) is 15.9. The topological polar surface area (TPSA) is 112 Å². The molecule has 0 aliphatic heterocycles.